The fraction of sp³-hybridized carbons (Fsp3) is 0.429. The van der Waals surface area contributed by atoms with Gasteiger partial charge in [-0.2, -0.15) is 5.26 Å². The lowest BCUT2D eigenvalue weighted by atomic mass is 9.93. The lowest BCUT2D eigenvalue weighted by Gasteiger charge is -2.13. The molecule has 0 aliphatic rings. The second-order valence-corrected chi connectivity index (χ2v) is 3.98. The average Bonchev–Trinajstić information content (AvgIpc) is 2.39. The summed E-state index contributed by atoms with van der Waals surface area (Å²) in [6, 6.07) is 5.40. The number of nitrogens with zero attached hydrogens (tertiary/aromatic N) is 1. The SMILES string of the molecule is CCC(C#N)C(=O)c1cc(OC)c(OC)cc1C. The molecule has 0 aromatic heterocycles. The first-order valence-corrected chi connectivity index (χ1v) is 5.75. The third kappa shape index (κ3) is 2.62. The number of benzene rings is 1. The van der Waals surface area contributed by atoms with Crippen molar-refractivity contribution in [3.8, 4) is 17.6 Å². The minimum Gasteiger partial charge on any atom is -0.493 e. The largest absolute Gasteiger partial charge is 0.493 e. The average molecular weight is 247 g/mol. The van der Waals surface area contributed by atoms with Gasteiger partial charge in [0.05, 0.1) is 20.3 Å². The summed E-state index contributed by atoms with van der Waals surface area (Å²) in [6.45, 7) is 3.64. The second kappa shape index (κ2) is 6.06. The zero-order chi connectivity index (χ0) is 13.7. The van der Waals surface area contributed by atoms with Gasteiger partial charge in [0.2, 0.25) is 0 Å². The predicted octanol–water partition coefficient (Wildman–Crippen LogP) is 2.74. The Morgan fingerprint density at radius 2 is 1.89 bits per heavy atom. The van der Waals surface area contributed by atoms with Gasteiger partial charge >= 0.3 is 0 Å². The number of nitriles is 1. The van der Waals surface area contributed by atoms with Crippen molar-refractivity contribution >= 4 is 5.78 Å². The highest BCUT2D eigenvalue weighted by Crippen LogP contribution is 2.31. The minimum absolute atomic E-state index is 0.168. The Morgan fingerprint density at radius 3 is 2.33 bits per heavy atom. The van der Waals surface area contributed by atoms with E-state index in [1.807, 2.05) is 19.9 Å². The van der Waals surface area contributed by atoms with Crippen LogP contribution >= 0.6 is 0 Å². The highest BCUT2D eigenvalue weighted by molar-refractivity contribution is 6.01. The van der Waals surface area contributed by atoms with Crippen molar-refractivity contribution in [3.63, 3.8) is 0 Å². The monoisotopic (exact) mass is 247 g/mol. The van der Waals surface area contributed by atoms with E-state index in [9.17, 15) is 4.79 Å². The van der Waals surface area contributed by atoms with E-state index in [0.717, 1.165) is 5.56 Å². The molecule has 0 aliphatic heterocycles. The summed E-state index contributed by atoms with van der Waals surface area (Å²) in [5.74, 6) is 0.302. The molecular formula is C14H17NO3. The second-order valence-electron chi connectivity index (χ2n) is 3.98. The number of methoxy groups -OCH3 is 2. The van der Waals surface area contributed by atoms with Gasteiger partial charge in [0.1, 0.15) is 5.92 Å². The standard InChI is InChI=1S/C14H17NO3/c1-5-10(8-15)14(16)11-7-13(18-4)12(17-3)6-9(11)2/h6-7,10H,5H2,1-4H3. The van der Waals surface area contributed by atoms with E-state index < -0.39 is 5.92 Å². The van der Waals surface area contributed by atoms with E-state index in [4.69, 9.17) is 14.7 Å². The topological polar surface area (TPSA) is 59.3 Å². The highest BCUT2D eigenvalue weighted by atomic mass is 16.5. The molecule has 0 spiro atoms. The smallest absolute Gasteiger partial charge is 0.180 e. The molecule has 0 amide bonds. The number of ether oxygens (including phenoxy) is 2. The number of Topliss-reactive ketones (excluding diaryl/α,β-unsaturated/α-hetero) is 1. The molecule has 1 atom stereocenters. The molecule has 4 heteroatoms. The van der Waals surface area contributed by atoms with E-state index in [-0.39, 0.29) is 5.78 Å². The van der Waals surface area contributed by atoms with Crippen LogP contribution in [-0.4, -0.2) is 20.0 Å². The van der Waals surface area contributed by atoms with Gasteiger partial charge < -0.3 is 9.47 Å². The summed E-state index contributed by atoms with van der Waals surface area (Å²) in [7, 11) is 3.06. The Kier molecular flexibility index (Phi) is 4.73. The van der Waals surface area contributed by atoms with Gasteiger partial charge in [0.15, 0.2) is 17.3 Å². The van der Waals surface area contributed by atoms with Crippen LogP contribution in [0.2, 0.25) is 0 Å². The van der Waals surface area contributed by atoms with Crippen molar-refractivity contribution in [1.29, 1.82) is 5.26 Å². The maximum absolute atomic E-state index is 12.2. The van der Waals surface area contributed by atoms with Crippen LogP contribution in [0, 0.1) is 24.2 Å². The summed E-state index contributed by atoms with van der Waals surface area (Å²) < 4.78 is 10.3. The number of hydrogen-bond acceptors (Lipinski definition) is 4. The molecule has 0 fully saturated rings. The molecule has 1 aromatic rings. The molecule has 96 valence electrons. The number of carbonyl (C=O) groups is 1. The van der Waals surface area contributed by atoms with Crippen molar-refractivity contribution in [2.24, 2.45) is 5.92 Å². The first-order chi connectivity index (χ1) is 8.58. The summed E-state index contributed by atoms with van der Waals surface area (Å²) in [5.41, 5.74) is 1.30. The normalized spacial score (nSPS) is 11.5. The van der Waals surface area contributed by atoms with Crippen LogP contribution in [0.15, 0.2) is 12.1 Å². The van der Waals surface area contributed by atoms with Gasteiger partial charge in [-0.25, -0.2) is 0 Å². The van der Waals surface area contributed by atoms with Crippen molar-refractivity contribution < 1.29 is 14.3 Å². The molecule has 0 aliphatic carbocycles. The van der Waals surface area contributed by atoms with Crippen molar-refractivity contribution in [2.45, 2.75) is 20.3 Å². The van der Waals surface area contributed by atoms with Gasteiger partial charge in [-0.1, -0.05) is 6.92 Å². The molecule has 0 heterocycles. The third-order valence-corrected chi connectivity index (χ3v) is 2.88. The summed E-state index contributed by atoms with van der Waals surface area (Å²) >= 11 is 0. The summed E-state index contributed by atoms with van der Waals surface area (Å²) in [4.78, 5) is 12.2. The molecule has 0 saturated carbocycles. The van der Waals surface area contributed by atoms with Crippen LogP contribution in [0.25, 0.3) is 0 Å². The van der Waals surface area contributed by atoms with Crippen LogP contribution in [-0.2, 0) is 0 Å². The van der Waals surface area contributed by atoms with E-state index in [2.05, 4.69) is 0 Å². The number of aryl methyl sites for hydroxylation is 1. The molecule has 1 rings (SSSR count). The highest BCUT2D eigenvalue weighted by Gasteiger charge is 2.21. The van der Waals surface area contributed by atoms with E-state index >= 15 is 0 Å². The third-order valence-electron chi connectivity index (χ3n) is 2.88. The Bertz CT molecular complexity index is 489. The van der Waals surface area contributed by atoms with Crippen LogP contribution in [0.4, 0.5) is 0 Å². The van der Waals surface area contributed by atoms with Crippen molar-refractivity contribution in [3.05, 3.63) is 23.3 Å². The molecule has 0 bridgehead atoms. The first-order valence-electron chi connectivity index (χ1n) is 5.75. The van der Waals surface area contributed by atoms with Crippen LogP contribution in [0.5, 0.6) is 11.5 Å². The lowest BCUT2D eigenvalue weighted by Crippen LogP contribution is -2.13. The van der Waals surface area contributed by atoms with E-state index in [1.165, 1.54) is 7.11 Å². The van der Waals surface area contributed by atoms with Crippen LogP contribution in [0.3, 0.4) is 0 Å². The first kappa shape index (κ1) is 14.0. The zero-order valence-electron chi connectivity index (χ0n) is 11.1. The molecule has 0 N–H and O–H groups in total. The number of rotatable bonds is 5. The van der Waals surface area contributed by atoms with Crippen molar-refractivity contribution in [1.82, 2.24) is 0 Å². The molecular weight excluding hydrogens is 230 g/mol. The molecule has 1 unspecified atom stereocenters. The molecule has 1 aromatic carbocycles. The Balaban J connectivity index is 3.26. The van der Waals surface area contributed by atoms with Gasteiger partial charge in [-0.15, -0.1) is 0 Å². The number of hydrogen-bond donors (Lipinski definition) is 0. The fourth-order valence-corrected chi connectivity index (χ4v) is 1.77. The van der Waals surface area contributed by atoms with Gasteiger partial charge in [0, 0.05) is 5.56 Å². The Morgan fingerprint density at radius 1 is 1.33 bits per heavy atom. The molecule has 0 radical (unpaired) electrons. The van der Waals surface area contributed by atoms with Crippen molar-refractivity contribution in [2.75, 3.05) is 14.2 Å². The quantitative estimate of drug-likeness (QED) is 0.751. The van der Waals surface area contributed by atoms with Gasteiger partial charge in [-0.3, -0.25) is 4.79 Å². The van der Waals surface area contributed by atoms with E-state index in [0.29, 0.717) is 23.5 Å². The summed E-state index contributed by atoms with van der Waals surface area (Å²) in [5, 5.41) is 8.95. The minimum atomic E-state index is -0.609. The fourth-order valence-electron chi connectivity index (χ4n) is 1.77. The molecule has 18 heavy (non-hydrogen) atoms. The molecule has 0 saturated heterocycles. The maximum atomic E-state index is 12.2. The zero-order valence-corrected chi connectivity index (χ0v) is 11.1. The van der Waals surface area contributed by atoms with Gasteiger partial charge in [0.25, 0.3) is 0 Å². The molecule has 4 nitrogen and oxygen atoms in total. The number of ketones is 1. The predicted molar refractivity (Wildman–Crippen MR) is 68.0 cm³/mol. The number of carbonyl (C=O) groups excluding carboxylic acids is 1. The Hall–Kier alpha value is -2.02. The van der Waals surface area contributed by atoms with Gasteiger partial charge in [-0.05, 0) is 31.0 Å². The summed E-state index contributed by atoms with van der Waals surface area (Å²) in [6.07, 6.45) is 0.503. The maximum Gasteiger partial charge on any atom is 0.180 e. The van der Waals surface area contributed by atoms with Crippen LogP contribution < -0.4 is 9.47 Å². The van der Waals surface area contributed by atoms with Crippen LogP contribution in [0.1, 0.15) is 29.3 Å². The lowest BCUT2D eigenvalue weighted by molar-refractivity contribution is 0.0945. The van der Waals surface area contributed by atoms with E-state index in [1.54, 1.807) is 19.2 Å². The Labute approximate surface area is 107 Å².